The van der Waals surface area contributed by atoms with Crippen LogP contribution in [-0.4, -0.2) is 63.5 Å². The van der Waals surface area contributed by atoms with Crippen molar-refractivity contribution in [2.45, 2.75) is 39.2 Å². The van der Waals surface area contributed by atoms with Gasteiger partial charge in [0.15, 0.2) is 11.5 Å². The van der Waals surface area contributed by atoms with E-state index >= 15 is 0 Å². The largest absolute Gasteiger partial charge is 0.380 e. The highest BCUT2D eigenvalue weighted by Crippen LogP contribution is 2.21. The van der Waals surface area contributed by atoms with Crippen LogP contribution >= 0.6 is 0 Å². The summed E-state index contributed by atoms with van der Waals surface area (Å²) in [5.74, 6) is 1.61. The van der Waals surface area contributed by atoms with Gasteiger partial charge in [-0.15, -0.1) is 5.10 Å². The summed E-state index contributed by atoms with van der Waals surface area (Å²) in [6, 6.07) is 1.83. The van der Waals surface area contributed by atoms with Crippen LogP contribution in [0.4, 0.5) is 22.0 Å². The number of nitrogen functional groups attached to an aromatic ring is 1. The second-order valence-electron chi connectivity index (χ2n) is 7.99. The van der Waals surface area contributed by atoms with Crippen LogP contribution in [-0.2, 0) is 6.42 Å². The van der Waals surface area contributed by atoms with Gasteiger partial charge in [-0.25, -0.2) is 18.9 Å². The number of hydrogen-bond donors (Lipinski definition) is 3. The van der Waals surface area contributed by atoms with Gasteiger partial charge in [-0.2, -0.15) is 4.98 Å². The molecule has 0 aromatic carbocycles. The molecule has 1 fully saturated rings. The molecular weight excluding hydrogens is 397 g/mol. The van der Waals surface area contributed by atoms with Crippen LogP contribution < -0.4 is 21.3 Å². The zero-order valence-corrected chi connectivity index (χ0v) is 18.1. The van der Waals surface area contributed by atoms with Gasteiger partial charge in [0.1, 0.15) is 12.5 Å². The van der Waals surface area contributed by atoms with Gasteiger partial charge in [-0.3, -0.25) is 0 Å². The Bertz CT molecular complexity index is 1030. The van der Waals surface area contributed by atoms with Crippen LogP contribution in [0, 0.1) is 6.92 Å². The number of nitrogens with two attached hydrogens (primary N) is 1. The summed E-state index contributed by atoms with van der Waals surface area (Å²) < 4.78 is 15.0. The lowest BCUT2D eigenvalue weighted by Crippen LogP contribution is -2.44. The molecule has 1 aliphatic heterocycles. The first-order chi connectivity index (χ1) is 15.1. The molecule has 4 rings (SSSR count). The van der Waals surface area contributed by atoms with E-state index in [1.54, 1.807) is 10.7 Å². The smallest absolute Gasteiger partial charge is 0.243 e. The molecule has 166 valence electrons. The summed E-state index contributed by atoms with van der Waals surface area (Å²) in [5.41, 5.74) is 9.67. The standard InChI is InChI=1S/C21H30FN9/c1-3-4-16(11-22)27-21-28-18(23)20-26-13-17(31(20)29-21)10-15-9-14(2)19(25-12-15)30-7-5-24-6-8-30/h9,12-13,16,24H,3-8,10-11H2,1-2H3,(H3,23,27,28,29)/t16-/m1/s1. The SMILES string of the molecule is CCC[C@H](CF)Nc1nc(N)c2ncc(Cc3cnc(N4CCNCC4)c(C)c3)n2n1. The third kappa shape index (κ3) is 4.68. The predicted molar refractivity (Wildman–Crippen MR) is 120 cm³/mol. The van der Waals surface area contributed by atoms with Gasteiger partial charge in [0.25, 0.3) is 0 Å². The summed E-state index contributed by atoms with van der Waals surface area (Å²) in [5, 5.41) is 10.9. The van der Waals surface area contributed by atoms with E-state index in [9.17, 15) is 4.39 Å². The number of imidazole rings is 1. The Morgan fingerprint density at radius 2 is 2.06 bits per heavy atom. The molecule has 1 saturated heterocycles. The highest BCUT2D eigenvalue weighted by atomic mass is 19.1. The number of nitrogens with zero attached hydrogens (tertiary/aromatic N) is 6. The number of aryl methyl sites for hydroxylation is 1. The number of piperazine rings is 1. The maximum absolute atomic E-state index is 13.3. The number of halogens is 1. The molecule has 1 aliphatic rings. The minimum absolute atomic E-state index is 0.265. The number of rotatable bonds is 8. The number of hydrogen-bond acceptors (Lipinski definition) is 8. The fourth-order valence-corrected chi connectivity index (χ4v) is 3.99. The number of fused-ring (bicyclic) bond motifs is 1. The van der Waals surface area contributed by atoms with Crippen LogP contribution in [0.2, 0.25) is 0 Å². The van der Waals surface area contributed by atoms with Crippen LogP contribution in [0.3, 0.4) is 0 Å². The van der Waals surface area contributed by atoms with Crippen molar-refractivity contribution in [2.24, 2.45) is 0 Å². The third-order valence-corrected chi connectivity index (χ3v) is 5.52. The van der Waals surface area contributed by atoms with Crippen molar-refractivity contribution in [3.05, 3.63) is 35.3 Å². The van der Waals surface area contributed by atoms with E-state index in [4.69, 9.17) is 10.7 Å². The Kier molecular flexibility index (Phi) is 6.45. The Morgan fingerprint density at radius 1 is 1.26 bits per heavy atom. The van der Waals surface area contributed by atoms with Gasteiger partial charge >= 0.3 is 0 Å². The molecule has 0 aliphatic carbocycles. The lowest BCUT2D eigenvalue weighted by Gasteiger charge is -2.29. The third-order valence-electron chi connectivity index (χ3n) is 5.52. The van der Waals surface area contributed by atoms with Crippen molar-refractivity contribution >= 4 is 23.2 Å². The quantitative estimate of drug-likeness (QED) is 0.501. The molecule has 3 aromatic rings. The molecule has 0 bridgehead atoms. The second kappa shape index (κ2) is 9.42. The van der Waals surface area contributed by atoms with Crippen LogP contribution in [0.5, 0.6) is 0 Å². The lowest BCUT2D eigenvalue weighted by molar-refractivity contribution is 0.426. The Balaban J connectivity index is 1.57. The van der Waals surface area contributed by atoms with Crippen LogP contribution in [0.15, 0.2) is 18.5 Å². The monoisotopic (exact) mass is 427 g/mol. The van der Waals surface area contributed by atoms with Gasteiger partial charge in [-0.1, -0.05) is 19.4 Å². The van der Waals surface area contributed by atoms with Gasteiger partial charge in [0.05, 0.1) is 17.9 Å². The maximum atomic E-state index is 13.3. The van der Waals surface area contributed by atoms with Crippen molar-refractivity contribution in [1.29, 1.82) is 0 Å². The lowest BCUT2D eigenvalue weighted by atomic mass is 10.1. The second-order valence-corrected chi connectivity index (χ2v) is 7.99. The number of pyridine rings is 1. The first kappa shape index (κ1) is 21.2. The molecule has 9 nitrogen and oxygen atoms in total. The van der Waals surface area contributed by atoms with Crippen molar-refractivity contribution < 1.29 is 4.39 Å². The molecular formula is C21H30FN9. The highest BCUT2D eigenvalue weighted by molar-refractivity contribution is 5.61. The van der Waals surface area contributed by atoms with Crippen LogP contribution in [0.25, 0.3) is 5.65 Å². The number of alkyl halides is 1. The number of nitrogens with one attached hydrogen (secondary N) is 2. The van der Waals surface area contributed by atoms with E-state index in [1.165, 1.54) is 0 Å². The minimum Gasteiger partial charge on any atom is -0.380 e. The van der Waals surface area contributed by atoms with Gasteiger partial charge in [0.2, 0.25) is 5.95 Å². The van der Waals surface area contributed by atoms with Gasteiger partial charge in [-0.05, 0) is 24.5 Å². The molecule has 4 N–H and O–H groups in total. The number of aromatic nitrogens is 5. The van der Waals surface area contributed by atoms with E-state index in [0.717, 1.165) is 55.2 Å². The van der Waals surface area contributed by atoms with E-state index in [-0.39, 0.29) is 11.9 Å². The molecule has 0 amide bonds. The molecule has 3 aromatic heterocycles. The Morgan fingerprint density at radius 3 is 2.77 bits per heavy atom. The number of anilines is 3. The van der Waals surface area contributed by atoms with Crippen molar-refractivity contribution in [1.82, 2.24) is 29.9 Å². The zero-order valence-electron chi connectivity index (χ0n) is 18.1. The normalized spacial score (nSPS) is 15.4. The van der Waals surface area contributed by atoms with Crippen molar-refractivity contribution in [3.63, 3.8) is 0 Å². The van der Waals surface area contributed by atoms with E-state index < -0.39 is 6.67 Å². The van der Waals surface area contributed by atoms with Crippen molar-refractivity contribution in [3.8, 4) is 0 Å². The molecule has 0 radical (unpaired) electrons. The summed E-state index contributed by atoms with van der Waals surface area (Å²) in [7, 11) is 0. The summed E-state index contributed by atoms with van der Waals surface area (Å²) in [6.45, 7) is 7.49. The molecule has 0 saturated carbocycles. The average molecular weight is 428 g/mol. The average Bonchev–Trinajstić information content (AvgIpc) is 3.17. The molecule has 0 unspecified atom stereocenters. The maximum Gasteiger partial charge on any atom is 0.243 e. The fraction of sp³-hybridized carbons (Fsp3) is 0.524. The topological polar surface area (TPSA) is 109 Å². The molecule has 4 heterocycles. The highest BCUT2D eigenvalue weighted by Gasteiger charge is 2.17. The molecule has 1 atom stereocenters. The minimum atomic E-state index is -0.490. The zero-order chi connectivity index (χ0) is 21.8. The first-order valence-corrected chi connectivity index (χ1v) is 10.8. The summed E-state index contributed by atoms with van der Waals surface area (Å²) >= 11 is 0. The predicted octanol–water partition coefficient (Wildman–Crippen LogP) is 1.96. The van der Waals surface area contributed by atoms with Gasteiger partial charge in [0, 0.05) is 38.8 Å². The molecule has 10 heteroatoms. The van der Waals surface area contributed by atoms with E-state index in [2.05, 4.69) is 43.6 Å². The van der Waals surface area contributed by atoms with E-state index in [1.807, 2.05) is 13.1 Å². The molecule has 31 heavy (non-hydrogen) atoms. The van der Waals surface area contributed by atoms with Crippen molar-refractivity contribution in [2.75, 3.05) is 48.8 Å². The Hall–Kier alpha value is -3.01. The Labute approximate surface area is 181 Å². The van der Waals surface area contributed by atoms with Gasteiger partial charge < -0.3 is 21.3 Å². The summed E-state index contributed by atoms with van der Waals surface area (Å²) in [6.07, 6.45) is 5.83. The first-order valence-electron chi connectivity index (χ1n) is 10.8. The van der Waals surface area contributed by atoms with E-state index in [0.29, 0.717) is 24.4 Å². The molecule has 0 spiro atoms. The summed E-state index contributed by atoms with van der Waals surface area (Å²) in [4.78, 5) is 15.7. The van der Waals surface area contributed by atoms with Crippen LogP contribution in [0.1, 0.15) is 36.6 Å². The fourth-order valence-electron chi connectivity index (χ4n) is 3.99.